The summed E-state index contributed by atoms with van der Waals surface area (Å²) in [5, 5.41) is 14.3. The molecule has 0 saturated carbocycles. The van der Waals surface area contributed by atoms with Crippen LogP contribution in [0.15, 0.2) is 76.9 Å². The summed E-state index contributed by atoms with van der Waals surface area (Å²) in [6.07, 6.45) is 1.59. The van der Waals surface area contributed by atoms with Crippen LogP contribution in [-0.4, -0.2) is 75.6 Å². The number of benzene rings is 2. The smallest absolute Gasteiger partial charge is 0.278 e. The molecule has 2 atom stereocenters. The Hall–Kier alpha value is -4.07. The highest BCUT2D eigenvalue weighted by atomic mass is 32.2. The summed E-state index contributed by atoms with van der Waals surface area (Å²) in [6, 6.07) is 14.5. The van der Waals surface area contributed by atoms with E-state index in [1.54, 1.807) is 12.1 Å². The molecular formula is C28H34N6O6S. The Morgan fingerprint density at radius 1 is 1.10 bits per heavy atom. The van der Waals surface area contributed by atoms with Crippen molar-refractivity contribution in [1.82, 2.24) is 29.1 Å². The fourth-order valence-corrected chi connectivity index (χ4v) is 6.10. The summed E-state index contributed by atoms with van der Waals surface area (Å²) in [5.41, 5.74) is 0.786. The standard InChI is InChI=1S/C28H34N6O6S/c1-19(2)14-34(41(38,39)22-11-9-21(40-3)10-12-22)15-24(35)23(13-20-7-5-4-6-8-20)32-25(36)16-33-18-31-26-27(33)29-17-30-28(26)37/h4-12,17-19,23-24,35H,13-16H2,1-3H3,(H,32,36)(H,29,30,37)/t23-,24+/m0/s1. The predicted octanol–water partition coefficient (Wildman–Crippen LogP) is 1.56. The zero-order chi connectivity index (χ0) is 29.6. The third-order valence-corrected chi connectivity index (χ3v) is 8.33. The van der Waals surface area contributed by atoms with Crippen molar-refractivity contribution < 1.29 is 23.1 Å². The first-order valence-electron chi connectivity index (χ1n) is 13.1. The van der Waals surface area contributed by atoms with Crippen LogP contribution in [0.2, 0.25) is 0 Å². The van der Waals surface area contributed by atoms with Gasteiger partial charge in [-0.2, -0.15) is 4.31 Å². The van der Waals surface area contributed by atoms with E-state index in [2.05, 4.69) is 20.3 Å². The Balaban J connectivity index is 1.57. The van der Waals surface area contributed by atoms with Crippen LogP contribution in [0.1, 0.15) is 19.4 Å². The molecule has 0 unspecified atom stereocenters. The number of methoxy groups -OCH3 is 1. The highest BCUT2D eigenvalue weighted by molar-refractivity contribution is 7.89. The van der Waals surface area contributed by atoms with E-state index >= 15 is 0 Å². The lowest BCUT2D eigenvalue weighted by molar-refractivity contribution is -0.123. The van der Waals surface area contributed by atoms with Gasteiger partial charge in [0.1, 0.15) is 12.3 Å². The Kier molecular flexibility index (Phi) is 9.53. The predicted molar refractivity (Wildman–Crippen MR) is 153 cm³/mol. The number of carbonyl (C=O) groups excluding carboxylic acids is 1. The van der Waals surface area contributed by atoms with E-state index in [1.165, 1.54) is 40.8 Å². The number of nitrogens with zero attached hydrogens (tertiary/aromatic N) is 4. The molecule has 2 aromatic heterocycles. The topological polar surface area (TPSA) is 160 Å². The quantitative estimate of drug-likeness (QED) is 0.214. The molecule has 0 bridgehead atoms. The molecule has 2 aromatic carbocycles. The van der Waals surface area contributed by atoms with Gasteiger partial charge in [0.15, 0.2) is 11.2 Å². The summed E-state index contributed by atoms with van der Waals surface area (Å²) in [5.74, 6) is 0.0397. The number of carbonyl (C=O) groups is 1. The number of fused-ring (bicyclic) bond motifs is 1. The van der Waals surface area contributed by atoms with E-state index in [1.807, 2.05) is 44.2 Å². The van der Waals surface area contributed by atoms with E-state index < -0.39 is 33.6 Å². The lowest BCUT2D eigenvalue weighted by Crippen LogP contribution is -2.51. The first-order valence-corrected chi connectivity index (χ1v) is 14.6. The number of aromatic nitrogens is 4. The van der Waals surface area contributed by atoms with Crippen molar-refractivity contribution >= 4 is 27.1 Å². The van der Waals surface area contributed by atoms with Gasteiger partial charge in [0, 0.05) is 13.1 Å². The van der Waals surface area contributed by atoms with Gasteiger partial charge in [-0.25, -0.2) is 18.4 Å². The molecule has 0 spiro atoms. The zero-order valence-electron chi connectivity index (χ0n) is 23.1. The molecule has 3 N–H and O–H groups in total. The molecule has 13 heteroatoms. The molecule has 12 nitrogen and oxygen atoms in total. The van der Waals surface area contributed by atoms with Crippen molar-refractivity contribution in [3.8, 4) is 5.75 Å². The van der Waals surface area contributed by atoms with Gasteiger partial charge in [-0.3, -0.25) is 9.59 Å². The summed E-state index contributed by atoms with van der Waals surface area (Å²) >= 11 is 0. The molecule has 41 heavy (non-hydrogen) atoms. The highest BCUT2D eigenvalue weighted by Gasteiger charge is 2.31. The normalized spacial score (nSPS) is 13.4. The maximum atomic E-state index is 13.6. The van der Waals surface area contributed by atoms with Crippen LogP contribution in [0.3, 0.4) is 0 Å². The third kappa shape index (κ3) is 7.37. The maximum Gasteiger partial charge on any atom is 0.278 e. The summed E-state index contributed by atoms with van der Waals surface area (Å²) in [7, 11) is -2.47. The van der Waals surface area contributed by atoms with Crippen LogP contribution >= 0.6 is 0 Å². The average Bonchev–Trinajstić information content (AvgIpc) is 3.36. The lowest BCUT2D eigenvalue weighted by Gasteiger charge is -2.31. The minimum absolute atomic E-state index is 0.0254. The summed E-state index contributed by atoms with van der Waals surface area (Å²) < 4.78 is 35.0. The Morgan fingerprint density at radius 3 is 2.46 bits per heavy atom. The molecule has 0 fully saturated rings. The van der Waals surface area contributed by atoms with Gasteiger partial charge >= 0.3 is 0 Å². The number of nitrogens with one attached hydrogen (secondary N) is 2. The molecule has 218 valence electrons. The monoisotopic (exact) mass is 582 g/mol. The lowest BCUT2D eigenvalue weighted by atomic mass is 10.0. The van der Waals surface area contributed by atoms with Gasteiger partial charge < -0.3 is 24.7 Å². The first-order chi connectivity index (χ1) is 19.6. The van der Waals surface area contributed by atoms with Crippen molar-refractivity contribution in [2.24, 2.45) is 5.92 Å². The van der Waals surface area contributed by atoms with Crippen LogP contribution in [0, 0.1) is 5.92 Å². The fraction of sp³-hybridized carbons (Fsp3) is 0.357. The second-order valence-corrected chi connectivity index (χ2v) is 12.0. The number of hydrogen-bond acceptors (Lipinski definition) is 8. The third-order valence-electron chi connectivity index (χ3n) is 6.49. The van der Waals surface area contributed by atoms with Gasteiger partial charge in [0.25, 0.3) is 5.56 Å². The van der Waals surface area contributed by atoms with Crippen molar-refractivity contribution in [3.05, 3.63) is 83.2 Å². The van der Waals surface area contributed by atoms with Crippen molar-refractivity contribution in [2.45, 2.75) is 43.9 Å². The molecule has 1 amide bonds. The van der Waals surface area contributed by atoms with Gasteiger partial charge in [-0.15, -0.1) is 0 Å². The second-order valence-electron chi connectivity index (χ2n) is 10.1. The Labute approximate surface area is 238 Å². The van der Waals surface area contributed by atoms with Crippen LogP contribution in [0.5, 0.6) is 5.75 Å². The number of ether oxygens (including phenoxy) is 1. The molecule has 0 aliphatic carbocycles. The number of amides is 1. The molecule has 4 aromatic rings. The van der Waals surface area contributed by atoms with E-state index in [9.17, 15) is 23.1 Å². The number of hydrogen-bond donors (Lipinski definition) is 3. The average molecular weight is 583 g/mol. The minimum Gasteiger partial charge on any atom is -0.497 e. The van der Waals surface area contributed by atoms with Crippen molar-refractivity contribution in [1.29, 1.82) is 0 Å². The summed E-state index contributed by atoms with van der Waals surface area (Å²) in [6.45, 7) is 3.50. The van der Waals surface area contributed by atoms with Crippen LogP contribution in [0.4, 0.5) is 0 Å². The van der Waals surface area contributed by atoms with Gasteiger partial charge in [-0.05, 0) is 42.2 Å². The maximum absolute atomic E-state index is 13.6. The van der Waals surface area contributed by atoms with Crippen LogP contribution in [-0.2, 0) is 27.8 Å². The largest absolute Gasteiger partial charge is 0.497 e. The Morgan fingerprint density at radius 2 is 1.80 bits per heavy atom. The van der Waals surface area contributed by atoms with E-state index in [0.29, 0.717) is 5.75 Å². The molecular weight excluding hydrogens is 548 g/mol. The van der Waals surface area contributed by atoms with Crippen molar-refractivity contribution in [3.63, 3.8) is 0 Å². The minimum atomic E-state index is -3.97. The molecule has 0 radical (unpaired) electrons. The van der Waals surface area contributed by atoms with E-state index in [-0.39, 0.29) is 48.0 Å². The van der Waals surface area contributed by atoms with Crippen molar-refractivity contribution in [2.75, 3.05) is 20.2 Å². The Bertz CT molecular complexity index is 1620. The van der Waals surface area contributed by atoms with Gasteiger partial charge in [-0.1, -0.05) is 44.2 Å². The first kappa shape index (κ1) is 29.9. The van der Waals surface area contributed by atoms with Gasteiger partial charge in [0.2, 0.25) is 15.9 Å². The van der Waals surface area contributed by atoms with Crippen LogP contribution in [0.25, 0.3) is 11.2 Å². The number of imidazole rings is 1. The van der Waals surface area contributed by atoms with Crippen LogP contribution < -0.4 is 15.6 Å². The van der Waals surface area contributed by atoms with E-state index in [4.69, 9.17) is 4.74 Å². The number of aromatic amines is 1. The number of sulfonamides is 1. The number of aliphatic hydroxyl groups excluding tert-OH is 1. The SMILES string of the molecule is COc1ccc(S(=O)(=O)N(CC(C)C)C[C@@H](O)[C@H](Cc2ccccc2)NC(=O)Cn2cnc3c(=O)[nH]cnc32)cc1. The second kappa shape index (κ2) is 13.1. The number of H-pyrrole nitrogens is 1. The van der Waals surface area contributed by atoms with E-state index in [0.717, 1.165) is 5.56 Å². The zero-order valence-corrected chi connectivity index (χ0v) is 23.9. The number of rotatable bonds is 13. The molecule has 2 heterocycles. The molecule has 0 aliphatic rings. The van der Waals surface area contributed by atoms with Gasteiger partial charge in [0.05, 0.1) is 36.8 Å². The molecule has 0 aliphatic heterocycles. The molecule has 4 rings (SSSR count). The summed E-state index contributed by atoms with van der Waals surface area (Å²) in [4.78, 5) is 35.8. The number of aliphatic hydroxyl groups is 1. The fourth-order valence-electron chi connectivity index (χ4n) is 4.48. The highest BCUT2D eigenvalue weighted by Crippen LogP contribution is 2.22. The molecule has 0 saturated heterocycles.